The molecule has 0 saturated carbocycles. The highest BCUT2D eigenvalue weighted by Crippen LogP contribution is 2.40. The lowest BCUT2D eigenvalue weighted by molar-refractivity contribution is -0.202. The van der Waals surface area contributed by atoms with Crippen molar-refractivity contribution in [1.29, 1.82) is 0 Å². The molecule has 0 aromatic heterocycles. The quantitative estimate of drug-likeness (QED) is 0.0823. The van der Waals surface area contributed by atoms with Crippen LogP contribution in [0.4, 0.5) is 24.5 Å². The molecule has 0 radical (unpaired) electrons. The number of hydrogen-bond acceptors (Lipinski definition) is 7. The fraction of sp³-hybridized carbons (Fsp3) is 0.212. The van der Waals surface area contributed by atoms with Gasteiger partial charge < -0.3 is 26.4 Å². The molecular formula is C33H29F3N6O6. The number of fused-ring (bicyclic) bond motifs is 1. The Morgan fingerprint density at radius 1 is 1.00 bits per heavy atom. The largest absolute Gasteiger partial charge is 0.491 e. The second kappa shape index (κ2) is 14.9. The van der Waals surface area contributed by atoms with Gasteiger partial charge in [0.2, 0.25) is 0 Å². The van der Waals surface area contributed by atoms with Crippen LogP contribution in [-0.2, 0) is 23.9 Å². The molecule has 3 aromatic rings. The highest BCUT2D eigenvalue weighted by molar-refractivity contribution is 6.14. The number of halogens is 3. The average Bonchev–Trinajstić information content (AvgIpc) is 3.13. The first-order valence-corrected chi connectivity index (χ1v) is 14.4. The number of para-hydroxylation sites is 1. The lowest BCUT2D eigenvalue weighted by Gasteiger charge is -2.35. The third kappa shape index (κ3) is 8.35. The zero-order chi connectivity index (χ0) is 35.0. The van der Waals surface area contributed by atoms with Gasteiger partial charge in [0.05, 0.1) is 24.2 Å². The number of nitrogens with zero attached hydrogens (tertiary/aromatic N) is 3. The van der Waals surface area contributed by atoms with Crippen molar-refractivity contribution in [2.24, 2.45) is 16.5 Å². The van der Waals surface area contributed by atoms with E-state index in [2.05, 4.69) is 26.9 Å². The van der Waals surface area contributed by atoms with E-state index >= 15 is 0 Å². The van der Waals surface area contributed by atoms with Crippen LogP contribution in [0.25, 0.3) is 0 Å². The molecule has 248 valence electrons. The van der Waals surface area contributed by atoms with Crippen molar-refractivity contribution in [3.05, 3.63) is 95.6 Å². The molecule has 0 bridgehead atoms. The molecule has 0 spiro atoms. The van der Waals surface area contributed by atoms with Gasteiger partial charge >= 0.3 is 18.1 Å². The van der Waals surface area contributed by atoms with Crippen LogP contribution in [0.15, 0.2) is 83.9 Å². The maximum Gasteiger partial charge on any atom is 0.491 e. The van der Waals surface area contributed by atoms with Crippen molar-refractivity contribution in [3.63, 3.8) is 0 Å². The van der Waals surface area contributed by atoms with Crippen LogP contribution in [0.5, 0.6) is 0 Å². The molecule has 1 aliphatic heterocycles. The number of rotatable bonds is 8. The van der Waals surface area contributed by atoms with E-state index in [4.69, 9.17) is 11.5 Å². The number of benzene rings is 3. The van der Waals surface area contributed by atoms with Gasteiger partial charge in [0.1, 0.15) is 6.04 Å². The van der Waals surface area contributed by atoms with Crippen LogP contribution in [0, 0.1) is 11.8 Å². The Kier molecular flexibility index (Phi) is 10.8. The lowest BCUT2D eigenvalue weighted by atomic mass is 10.0. The van der Waals surface area contributed by atoms with Gasteiger partial charge in [-0.05, 0) is 42.8 Å². The van der Waals surface area contributed by atoms with E-state index in [0.29, 0.717) is 11.3 Å². The number of carbonyl (C=O) groups excluding carboxylic acids is 5. The number of ether oxygens (including phenoxy) is 1. The number of aliphatic imine (C=N–C) groups is 1. The Bertz CT molecular complexity index is 1800. The standard InChI is InChI=1S/C33H29F3N6O6/c1-20(18-27(44)48-31(47)33(34,35)36)41-28(22-8-4-2-5-9-22)30(46)42(23-10-6-3-7-11-23)25-14-12-21(19-24(25)29(41)45)13-15-26(43)39-16-17-40-32(37)38/h2-12,14,19-20,28H,16-18H2,1H3,(H,39,43)(H4,37,38,40). The normalized spacial score (nSPS) is 14.9. The summed E-state index contributed by atoms with van der Waals surface area (Å²) in [5, 5.41) is 2.51. The molecule has 2 atom stereocenters. The molecular weight excluding hydrogens is 633 g/mol. The molecule has 3 aromatic carbocycles. The second-order valence-electron chi connectivity index (χ2n) is 10.4. The van der Waals surface area contributed by atoms with Crippen LogP contribution < -0.4 is 21.7 Å². The number of nitrogens with two attached hydrogens (primary N) is 2. The SMILES string of the molecule is CC(CC(=O)OC(=O)C(F)(F)F)N1C(=O)c2cc(C#CC(=O)NCCN=C(N)N)ccc2N(c2ccccc2)C(=O)C1c1ccccc1. The number of guanidine groups is 1. The number of nitrogens with one attached hydrogen (secondary N) is 1. The zero-order valence-electron chi connectivity index (χ0n) is 25.4. The summed E-state index contributed by atoms with van der Waals surface area (Å²) < 4.78 is 42.3. The molecule has 12 nitrogen and oxygen atoms in total. The van der Waals surface area contributed by atoms with E-state index in [0.717, 1.165) is 4.90 Å². The van der Waals surface area contributed by atoms with E-state index in [1.807, 2.05) is 0 Å². The molecule has 4 rings (SSSR count). The molecule has 15 heteroatoms. The Labute approximate surface area is 272 Å². The fourth-order valence-corrected chi connectivity index (χ4v) is 4.90. The summed E-state index contributed by atoms with van der Waals surface area (Å²) in [6.45, 7) is 1.57. The third-order valence-corrected chi connectivity index (χ3v) is 6.95. The first-order chi connectivity index (χ1) is 22.8. The number of carbonyl (C=O) groups is 5. The third-order valence-electron chi connectivity index (χ3n) is 6.95. The van der Waals surface area contributed by atoms with Gasteiger partial charge in [-0.2, -0.15) is 13.2 Å². The number of esters is 2. The Morgan fingerprint density at radius 2 is 1.65 bits per heavy atom. The highest BCUT2D eigenvalue weighted by atomic mass is 19.4. The van der Waals surface area contributed by atoms with Crippen molar-refractivity contribution < 1.29 is 41.9 Å². The summed E-state index contributed by atoms with van der Waals surface area (Å²) in [6, 6.07) is 18.2. The molecule has 0 saturated heterocycles. The van der Waals surface area contributed by atoms with Crippen molar-refractivity contribution in [2.45, 2.75) is 31.6 Å². The number of anilines is 2. The lowest BCUT2D eigenvalue weighted by Crippen LogP contribution is -2.46. The minimum Gasteiger partial charge on any atom is -0.386 e. The topological polar surface area (TPSA) is 177 Å². The molecule has 0 fully saturated rings. The summed E-state index contributed by atoms with van der Waals surface area (Å²) in [6.07, 6.45) is -6.28. The van der Waals surface area contributed by atoms with E-state index in [1.165, 1.54) is 30.0 Å². The Morgan fingerprint density at radius 3 is 2.27 bits per heavy atom. The molecule has 1 heterocycles. The van der Waals surface area contributed by atoms with Gasteiger partial charge in [-0.15, -0.1) is 0 Å². The first kappa shape index (κ1) is 34.7. The predicted octanol–water partition coefficient (Wildman–Crippen LogP) is 2.70. The molecule has 2 unspecified atom stereocenters. The minimum absolute atomic E-state index is 0.0582. The van der Waals surface area contributed by atoms with E-state index in [-0.39, 0.29) is 35.9 Å². The van der Waals surface area contributed by atoms with Gasteiger partial charge in [-0.3, -0.25) is 29.1 Å². The van der Waals surface area contributed by atoms with Gasteiger partial charge in [0.25, 0.3) is 17.7 Å². The number of hydrogen-bond donors (Lipinski definition) is 3. The van der Waals surface area contributed by atoms with Crippen LogP contribution in [-0.4, -0.2) is 65.8 Å². The Balaban J connectivity index is 1.80. The van der Waals surface area contributed by atoms with Crippen molar-refractivity contribution in [2.75, 3.05) is 18.0 Å². The molecule has 48 heavy (non-hydrogen) atoms. The summed E-state index contributed by atoms with van der Waals surface area (Å²) >= 11 is 0. The zero-order valence-corrected chi connectivity index (χ0v) is 25.4. The van der Waals surface area contributed by atoms with Gasteiger partial charge in [0.15, 0.2) is 5.96 Å². The minimum atomic E-state index is -5.42. The van der Waals surface area contributed by atoms with Crippen molar-refractivity contribution in [1.82, 2.24) is 10.2 Å². The fourth-order valence-electron chi connectivity index (χ4n) is 4.90. The van der Waals surface area contributed by atoms with Crippen LogP contribution in [0.3, 0.4) is 0 Å². The smallest absolute Gasteiger partial charge is 0.386 e. The molecule has 1 aliphatic rings. The van der Waals surface area contributed by atoms with Gasteiger partial charge in [-0.1, -0.05) is 54.5 Å². The van der Waals surface area contributed by atoms with E-state index < -0.39 is 54.3 Å². The average molecular weight is 663 g/mol. The monoisotopic (exact) mass is 662 g/mol. The summed E-state index contributed by atoms with van der Waals surface area (Å²) in [5.41, 5.74) is 11.6. The summed E-state index contributed by atoms with van der Waals surface area (Å²) in [4.78, 5) is 71.2. The molecule has 0 aliphatic carbocycles. The first-order valence-electron chi connectivity index (χ1n) is 14.4. The summed E-state index contributed by atoms with van der Waals surface area (Å²) in [5.74, 6) is -1.39. The maximum absolute atomic E-state index is 14.5. The number of alkyl halides is 3. The molecule has 3 amide bonds. The van der Waals surface area contributed by atoms with Crippen molar-refractivity contribution in [3.8, 4) is 11.8 Å². The summed E-state index contributed by atoms with van der Waals surface area (Å²) in [7, 11) is 0. The van der Waals surface area contributed by atoms with Gasteiger partial charge in [-0.25, -0.2) is 4.79 Å². The predicted molar refractivity (Wildman–Crippen MR) is 167 cm³/mol. The maximum atomic E-state index is 14.5. The highest BCUT2D eigenvalue weighted by Gasteiger charge is 2.45. The number of amides is 3. The Hall–Kier alpha value is -6.17. The van der Waals surface area contributed by atoms with Crippen LogP contribution in [0.1, 0.15) is 40.9 Å². The van der Waals surface area contributed by atoms with Crippen molar-refractivity contribution >= 4 is 47.0 Å². The molecule has 5 N–H and O–H groups in total. The van der Waals surface area contributed by atoms with Crippen LogP contribution in [0.2, 0.25) is 0 Å². The second-order valence-corrected chi connectivity index (χ2v) is 10.4. The van der Waals surface area contributed by atoms with Crippen LogP contribution >= 0.6 is 0 Å². The van der Waals surface area contributed by atoms with Gasteiger partial charge in [0, 0.05) is 29.8 Å². The van der Waals surface area contributed by atoms with E-state index in [9.17, 15) is 37.1 Å². The van der Waals surface area contributed by atoms with E-state index in [1.54, 1.807) is 60.7 Å².